The third-order valence-corrected chi connectivity index (χ3v) is 5.79. The molecule has 7 heteroatoms. The third-order valence-electron chi connectivity index (χ3n) is 5.79. The van der Waals surface area contributed by atoms with Crippen molar-refractivity contribution in [2.45, 2.75) is 19.8 Å². The molecular weight excluding hydrogens is 408 g/mol. The van der Waals surface area contributed by atoms with Crippen molar-refractivity contribution in [1.29, 1.82) is 0 Å². The minimum Gasteiger partial charge on any atom is -0.497 e. The fraction of sp³-hybridized carbons (Fsp3) is 0.440. The van der Waals surface area contributed by atoms with Crippen LogP contribution in [-0.4, -0.2) is 57.7 Å². The number of carbonyl (C=O) groups is 2. The fourth-order valence-corrected chi connectivity index (χ4v) is 4.05. The van der Waals surface area contributed by atoms with Crippen LogP contribution in [0.2, 0.25) is 0 Å². The number of nitrogens with zero attached hydrogens (tertiary/aromatic N) is 1. The van der Waals surface area contributed by atoms with E-state index in [9.17, 15) is 9.59 Å². The summed E-state index contributed by atoms with van der Waals surface area (Å²) < 4.78 is 16.2. The number of rotatable bonds is 8. The molecule has 1 saturated heterocycles. The van der Waals surface area contributed by atoms with E-state index in [1.165, 1.54) is 0 Å². The molecule has 2 aromatic carbocycles. The van der Waals surface area contributed by atoms with E-state index >= 15 is 0 Å². The number of hydrogen-bond acceptors (Lipinski definition) is 5. The first kappa shape index (κ1) is 23.4. The Morgan fingerprint density at radius 3 is 2.38 bits per heavy atom. The van der Waals surface area contributed by atoms with Gasteiger partial charge in [-0.1, -0.05) is 26.0 Å². The summed E-state index contributed by atoms with van der Waals surface area (Å²) in [7, 11) is 4.77. The van der Waals surface area contributed by atoms with Gasteiger partial charge in [0.15, 0.2) is 0 Å². The number of carbonyl (C=O) groups excluding carboxylic acids is 2. The molecule has 0 aromatic heterocycles. The van der Waals surface area contributed by atoms with Crippen molar-refractivity contribution in [3.05, 3.63) is 53.6 Å². The molecule has 3 rings (SSSR count). The third kappa shape index (κ3) is 5.15. The topological polar surface area (TPSA) is 77.1 Å². The first-order valence-electron chi connectivity index (χ1n) is 10.8. The molecule has 2 amide bonds. The number of ether oxygens (including phenoxy) is 3. The quantitative estimate of drug-likeness (QED) is 0.681. The van der Waals surface area contributed by atoms with E-state index in [-0.39, 0.29) is 23.7 Å². The second kappa shape index (κ2) is 10.4. The number of amides is 2. The Bertz CT molecular complexity index is 959. The predicted molar refractivity (Wildman–Crippen MR) is 123 cm³/mol. The van der Waals surface area contributed by atoms with Crippen molar-refractivity contribution in [3.8, 4) is 17.2 Å². The van der Waals surface area contributed by atoms with Gasteiger partial charge in [0, 0.05) is 42.7 Å². The van der Waals surface area contributed by atoms with Crippen LogP contribution in [0.15, 0.2) is 42.5 Å². The molecule has 1 aliphatic rings. The van der Waals surface area contributed by atoms with Crippen LogP contribution in [0.1, 0.15) is 35.7 Å². The maximum atomic E-state index is 13.3. The molecular formula is C25H32N2O5. The molecule has 1 aliphatic heterocycles. The van der Waals surface area contributed by atoms with E-state index in [1.54, 1.807) is 50.5 Å². The number of hydrogen-bond donors (Lipinski definition) is 1. The lowest BCUT2D eigenvalue weighted by atomic mass is 9.87. The molecule has 0 radical (unpaired) electrons. The zero-order valence-corrected chi connectivity index (χ0v) is 19.4. The Kier molecular flexibility index (Phi) is 7.62. The van der Waals surface area contributed by atoms with E-state index < -0.39 is 0 Å². The standard InChI is InChI=1S/C25H32N2O5/c1-16(2)13-26-24(28)22-15-27(25(29)17-7-6-8-18(11-17)30-3)14-21(22)20-10-9-19(31-4)12-23(20)32-5/h6-12,16,21-22H,13-15H2,1-5H3,(H,26,28)/t21-,22+/m0/s1. The monoisotopic (exact) mass is 440 g/mol. The van der Waals surface area contributed by atoms with E-state index in [0.717, 1.165) is 5.56 Å². The fourth-order valence-electron chi connectivity index (χ4n) is 4.05. The van der Waals surface area contributed by atoms with E-state index in [2.05, 4.69) is 19.2 Å². The summed E-state index contributed by atoms with van der Waals surface area (Å²) in [5, 5.41) is 3.04. The Morgan fingerprint density at radius 2 is 1.72 bits per heavy atom. The number of likely N-dealkylation sites (tertiary alicyclic amines) is 1. The van der Waals surface area contributed by atoms with Gasteiger partial charge >= 0.3 is 0 Å². The van der Waals surface area contributed by atoms with E-state index in [1.807, 2.05) is 18.2 Å². The lowest BCUT2D eigenvalue weighted by Gasteiger charge is -2.21. The number of nitrogens with one attached hydrogen (secondary N) is 1. The first-order valence-corrected chi connectivity index (χ1v) is 10.8. The molecule has 1 heterocycles. The molecule has 0 bridgehead atoms. The highest BCUT2D eigenvalue weighted by Gasteiger charge is 2.41. The maximum absolute atomic E-state index is 13.3. The van der Waals surface area contributed by atoms with Crippen LogP contribution in [0.3, 0.4) is 0 Å². The smallest absolute Gasteiger partial charge is 0.254 e. The van der Waals surface area contributed by atoms with Crippen molar-refractivity contribution in [2.75, 3.05) is 41.0 Å². The van der Waals surface area contributed by atoms with Gasteiger partial charge in [0.25, 0.3) is 5.91 Å². The molecule has 2 atom stereocenters. The molecule has 7 nitrogen and oxygen atoms in total. The van der Waals surface area contributed by atoms with Crippen molar-refractivity contribution in [2.24, 2.45) is 11.8 Å². The lowest BCUT2D eigenvalue weighted by molar-refractivity contribution is -0.125. The Balaban J connectivity index is 1.92. The van der Waals surface area contributed by atoms with Gasteiger partial charge < -0.3 is 24.4 Å². The normalized spacial score (nSPS) is 17.9. The minimum absolute atomic E-state index is 0.0532. The highest BCUT2D eigenvalue weighted by Crippen LogP contribution is 2.39. The molecule has 0 spiro atoms. The largest absolute Gasteiger partial charge is 0.497 e. The molecule has 0 unspecified atom stereocenters. The van der Waals surface area contributed by atoms with Crippen molar-refractivity contribution in [1.82, 2.24) is 10.2 Å². The van der Waals surface area contributed by atoms with E-state index in [0.29, 0.717) is 48.4 Å². The van der Waals surface area contributed by atoms with Crippen LogP contribution < -0.4 is 19.5 Å². The first-order chi connectivity index (χ1) is 15.4. The van der Waals surface area contributed by atoms with Gasteiger partial charge in [0.2, 0.25) is 5.91 Å². The average Bonchev–Trinajstić information content (AvgIpc) is 3.26. The second-order valence-corrected chi connectivity index (χ2v) is 8.40. The molecule has 32 heavy (non-hydrogen) atoms. The van der Waals surface area contributed by atoms with Gasteiger partial charge in [-0.2, -0.15) is 0 Å². The SMILES string of the molecule is COc1cccc(C(=O)N2C[C@@H](C(=O)NCC(C)C)[C@H](c3ccc(OC)cc3OC)C2)c1. The Labute approximate surface area is 189 Å². The predicted octanol–water partition coefficient (Wildman–Crippen LogP) is 3.34. The highest BCUT2D eigenvalue weighted by molar-refractivity contribution is 5.95. The summed E-state index contributed by atoms with van der Waals surface area (Å²) in [4.78, 5) is 28.1. The lowest BCUT2D eigenvalue weighted by Crippen LogP contribution is -2.37. The molecule has 1 N–H and O–H groups in total. The molecule has 0 saturated carbocycles. The van der Waals surface area contributed by atoms with Crippen LogP contribution in [0.4, 0.5) is 0 Å². The summed E-state index contributed by atoms with van der Waals surface area (Å²) in [6, 6.07) is 12.7. The van der Waals surface area contributed by atoms with Crippen LogP contribution >= 0.6 is 0 Å². The summed E-state index contributed by atoms with van der Waals surface area (Å²) in [6.07, 6.45) is 0. The Hall–Kier alpha value is -3.22. The number of benzene rings is 2. The van der Waals surface area contributed by atoms with Crippen molar-refractivity contribution < 1.29 is 23.8 Å². The Morgan fingerprint density at radius 1 is 1.00 bits per heavy atom. The van der Waals surface area contributed by atoms with Crippen LogP contribution in [0.25, 0.3) is 0 Å². The maximum Gasteiger partial charge on any atom is 0.254 e. The summed E-state index contributed by atoms with van der Waals surface area (Å²) in [6.45, 7) is 5.44. The zero-order chi connectivity index (χ0) is 23.3. The molecule has 0 aliphatic carbocycles. The van der Waals surface area contributed by atoms with Crippen molar-refractivity contribution >= 4 is 11.8 Å². The van der Waals surface area contributed by atoms with Gasteiger partial charge in [0.05, 0.1) is 27.2 Å². The summed E-state index contributed by atoms with van der Waals surface area (Å²) in [5.74, 6) is 1.52. The second-order valence-electron chi connectivity index (χ2n) is 8.40. The summed E-state index contributed by atoms with van der Waals surface area (Å²) >= 11 is 0. The van der Waals surface area contributed by atoms with Gasteiger partial charge in [-0.05, 0) is 30.2 Å². The van der Waals surface area contributed by atoms with Crippen LogP contribution in [0.5, 0.6) is 17.2 Å². The summed E-state index contributed by atoms with van der Waals surface area (Å²) in [5.41, 5.74) is 1.42. The highest BCUT2D eigenvalue weighted by atomic mass is 16.5. The number of methoxy groups -OCH3 is 3. The molecule has 1 fully saturated rings. The van der Waals surface area contributed by atoms with Gasteiger partial charge in [0.1, 0.15) is 17.2 Å². The zero-order valence-electron chi connectivity index (χ0n) is 19.4. The van der Waals surface area contributed by atoms with Gasteiger partial charge in [-0.25, -0.2) is 0 Å². The average molecular weight is 441 g/mol. The van der Waals surface area contributed by atoms with E-state index in [4.69, 9.17) is 14.2 Å². The van der Waals surface area contributed by atoms with Gasteiger partial charge in [-0.15, -0.1) is 0 Å². The van der Waals surface area contributed by atoms with Crippen molar-refractivity contribution in [3.63, 3.8) is 0 Å². The molecule has 2 aromatic rings. The minimum atomic E-state index is -0.384. The van der Waals surface area contributed by atoms with Crippen LogP contribution in [-0.2, 0) is 4.79 Å². The molecule has 172 valence electrons. The van der Waals surface area contributed by atoms with Crippen LogP contribution in [0, 0.1) is 11.8 Å². The van der Waals surface area contributed by atoms with Gasteiger partial charge in [-0.3, -0.25) is 9.59 Å².